The van der Waals surface area contributed by atoms with Gasteiger partial charge in [-0.1, -0.05) is 23.7 Å². The molecule has 1 aromatic carbocycles. The molecule has 0 heterocycles. The molecule has 1 amide bonds. The summed E-state index contributed by atoms with van der Waals surface area (Å²) in [4.78, 5) is 13.6. The number of nitrogens with one attached hydrogen (secondary N) is 2. The lowest BCUT2D eigenvalue weighted by Gasteiger charge is -2.26. The van der Waals surface area contributed by atoms with Crippen LogP contribution in [0.2, 0.25) is 5.02 Å². The summed E-state index contributed by atoms with van der Waals surface area (Å²) in [6, 6.07) is 5.79. The average Bonchev–Trinajstić information content (AvgIpc) is 2.49. The zero-order valence-corrected chi connectivity index (χ0v) is 13.7. The highest BCUT2D eigenvalue weighted by atomic mass is 35.5. The number of hydrogen-bond acceptors (Lipinski definition) is 4. The van der Waals surface area contributed by atoms with Gasteiger partial charge in [0.05, 0.1) is 23.9 Å². The predicted molar refractivity (Wildman–Crippen MR) is 87.0 cm³/mol. The van der Waals surface area contributed by atoms with Gasteiger partial charge in [-0.15, -0.1) is 0 Å². The quantitative estimate of drug-likeness (QED) is 0.681. The molecule has 0 aliphatic heterocycles. The van der Waals surface area contributed by atoms with Crippen molar-refractivity contribution in [2.75, 3.05) is 45.3 Å². The van der Waals surface area contributed by atoms with Crippen molar-refractivity contribution in [3.8, 4) is 0 Å². The summed E-state index contributed by atoms with van der Waals surface area (Å²) in [6.07, 6.45) is 0. The minimum Gasteiger partial charge on any atom is -0.383 e. The number of para-hydroxylation sites is 1. The second-order valence-corrected chi connectivity index (χ2v) is 5.01. The number of ether oxygens (including phenoxy) is 1. The minimum absolute atomic E-state index is 0.0324. The van der Waals surface area contributed by atoms with Crippen molar-refractivity contribution < 1.29 is 9.53 Å². The van der Waals surface area contributed by atoms with E-state index >= 15 is 0 Å². The van der Waals surface area contributed by atoms with Crippen LogP contribution in [0.15, 0.2) is 18.2 Å². The molecule has 0 fully saturated rings. The van der Waals surface area contributed by atoms with Crippen molar-refractivity contribution in [2.45, 2.75) is 13.5 Å². The lowest BCUT2D eigenvalue weighted by molar-refractivity contribution is -0.119. The van der Waals surface area contributed by atoms with Crippen LogP contribution in [-0.2, 0) is 16.1 Å². The summed E-state index contributed by atoms with van der Waals surface area (Å²) in [7, 11) is 3.31. The Morgan fingerprint density at radius 2 is 2.19 bits per heavy atom. The van der Waals surface area contributed by atoms with Gasteiger partial charge in [-0.25, -0.2) is 0 Å². The molecule has 0 saturated heterocycles. The van der Waals surface area contributed by atoms with Crippen LogP contribution in [0.25, 0.3) is 0 Å². The van der Waals surface area contributed by atoms with Gasteiger partial charge in [-0.2, -0.15) is 0 Å². The summed E-state index contributed by atoms with van der Waals surface area (Å²) >= 11 is 6.34. The normalized spacial score (nSPS) is 10.5. The van der Waals surface area contributed by atoms with E-state index in [0.29, 0.717) is 31.3 Å². The number of nitrogens with zero attached hydrogens (tertiary/aromatic N) is 1. The number of rotatable bonds is 9. The van der Waals surface area contributed by atoms with E-state index in [-0.39, 0.29) is 5.91 Å². The van der Waals surface area contributed by atoms with Crippen molar-refractivity contribution in [3.05, 3.63) is 28.8 Å². The summed E-state index contributed by atoms with van der Waals surface area (Å²) in [5, 5.41) is 6.61. The van der Waals surface area contributed by atoms with Crippen LogP contribution in [-0.4, -0.2) is 46.3 Å². The molecule has 0 spiro atoms. The van der Waals surface area contributed by atoms with Gasteiger partial charge < -0.3 is 20.3 Å². The van der Waals surface area contributed by atoms with E-state index in [0.717, 1.165) is 17.8 Å². The molecule has 0 unspecified atom stereocenters. The van der Waals surface area contributed by atoms with Crippen LogP contribution in [0.5, 0.6) is 0 Å². The number of carbonyl (C=O) groups excluding carboxylic acids is 1. The first-order valence-corrected chi connectivity index (χ1v) is 7.44. The second kappa shape index (κ2) is 9.60. The number of likely N-dealkylation sites (N-methyl/N-ethyl adjacent to an activating group) is 2. The molecule has 6 heteroatoms. The third-order valence-electron chi connectivity index (χ3n) is 3.18. The Kier molecular flexibility index (Phi) is 8.12. The van der Waals surface area contributed by atoms with Gasteiger partial charge in [0.2, 0.25) is 5.91 Å². The fourth-order valence-electron chi connectivity index (χ4n) is 2.06. The van der Waals surface area contributed by atoms with Gasteiger partial charge in [0.1, 0.15) is 0 Å². The largest absolute Gasteiger partial charge is 0.383 e. The van der Waals surface area contributed by atoms with E-state index in [9.17, 15) is 4.79 Å². The standard InChI is InChI=1S/C15H24ClN3O2/c1-4-19(11-14(20)17-2)15-12(6-5-7-13(15)16)10-18-8-9-21-3/h5-7,18H,4,8-11H2,1-3H3,(H,17,20). The number of amides is 1. The van der Waals surface area contributed by atoms with Crippen LogP contribution in [0.4, 0.5) is 5.69 Å². The number of hydrogen-bond donors (Lipinski definition) is 2. The number of methoxy groups -OCH3 is 1. The smallest absolute Gasteiger partial charge is 0.239 e. The Bertz CT molecular complexity index is 455. The molecule has 0 bridgehead atoms. The van der Waals surface area contributed by atoms with E-state index in [1.165, 1.54) is 0 Å². The van der Waals surface area contributed by atoms with Gasteiger partial charge in [0.15, 0.2) is 0 Å². The van der Waals surface area contributed by atoms with Gasteiger partial charge in [-0.3, -0.25) is 4.79 Å². The van der Waals surface area contributed by atoms with Crippen molar-refractivity contribution in [1.29, 1.82) is 0 Å². The van der Waals surface area contributed by atoms with Gasteiger partial charge in [0.25, 0.3) is 0 Å². The van der Waals surface area contributed by atoms with Crippen LogP contribution in [0.1, 0.15) is 12.5 Å². The van der Waals surface area contributed by atoms with E-state index in [1.54, 1.807) is 14.2 Å². The topological polar surface area (TPSA) is 53.6 Å². The number of benzene rings is 1. The highest BCUT2D eigenvalue weighted by Crippen LogP contribution is 2.29. The van der Waals surface area contributed by atoms with Gasteiger partial charge in [-0.05, 0) is 18.6 Å². The molecule has 0 saturated carbocycles. The minimum atomic E-state index is -0.0324. The molecule has 5 nitrogen and oxygen atoms in total. The molecule has 0 aromatic heterocycles. The Labute approximate surface area is 131 Å². The van der Waals surface area contributed by atoms with Crippen molar-refractivity contribution in [2.24, 2.45) is 0 Å². The molecule has 118 valence electrons. The molecule has 21 heavy (non-hydrogen) atoms. The maximum Gasteiger partial charge on any atom is 0.239 e. The zero-order valence-electron chi connectivity index (χ0n) is 12.9. The zero-order chi connectivity index (χ0) is 15.7. The number of carbonyl (C=O) groups is 1. The molecular weight excluding hydrogens is 290 g/mol. The first-order chi connectivity index (χ1) is 10.1. The van der Waals surface area contributed by atoms with Crippen molar-refractivity contribution in [1.82, 2.24) is 10.6 Å². The first kappa shape index (κ1) is 17.8. The lowest BCUT2D eigenvalue weighted by atomic mass is 10.1. The molecular formula is C15H24ClN3O2. The Morgan fingerprint density at radius 1 is 1.43 bits per heavy atom. The van der Waals surface area contributed by atoms with E-state index in [1.807, 2.05) is 30.0 Å². The molecule has 1 aromatic rings. The SMILES string of the molecule is CCN(CC(=O)NC)c1c(Cl)cccc1CNCCOC. The Hall–Kier alpha value is -1.30. The van der Waals surface area contributed by atoms with Crippen molar-refractivity contribution >= 4 is 23.2 Å². The summed E-state index contributed by atoms with van der Waals surface area (Å²) in [6.45, 7) is 5.12. The van der Waals surface area contributed by atoms with Gasteiger partial charge >= 0.3 is 0 Å². The number of halogens is 1. The molecule has 0 radical (unpaired) electrons. The van der Waals surface area contributed by atoms with Crippen LogP contribution < -0.4 is 15.5 Å². The summed E-state index contributed by atoms with van der Waals surface area (Å²) in [5.74, 6) is -0.0324. The Balaban J connectivity index is 2.88. The van der Waals surface area contributed by atoms with Crippen LogP contribution in [0, 0.1) is 0 Å². The maximum atomic E-state index is 11.6. The maximum absolute atomic E-state index is 11.6. The fraction of sp³-hybridized carbons (Fsp3) is 0.533. The van der Waals surface area contributed by atoms with E-state index in [2.05, 4.69) is 10.6 Å². The van der Waals surface area contributed by atoms with Gasteiger partial charge in [0, 0.05) is 33.8 Å². The molecule has 0 atom stereocenters. The fourth-order valence-corrected chi connectivity index (χ4v) is 2.37. The third-order valence-corrected chi connectivity index (χ3v) is 3.49. The predicted octanol–water partition coefficient (Wildman–Crippen LogP) is 1.65. The monoisotopic (exact) mass is 313 g/mol. The summed E-state index contributed by atoms with van der Waals surface area (Å²) < 4.78 is 5.02. The Morgan fingerprint density at radius 3 is 2.81 bits per heavy atom. The molecule has 2 N–H and O–H groups in total. The highest BCUT2D eigenvalue weighted by molar-refractivity contribution is 6.33. The molecule has 0 aliphatic rings. The third kappa shape index (κ3) is 5.53. The highest BCUT2D eigenvalue weighted by Gasteiger charge is 2.15. The van der Waals surface area contributed by atoms with Crippen molar-refractivity contribution in [3.63, 3.8) is 0 Å². The van der Waals surface area contributed by atoms with Crippen LogP contribution in [0.3, 0.4) is 0 Å². The lowest BCUT2D eigenvalue weighted by Crippen LogP contribution is -2.36. The molecule has 1 rings (SSSR count). The second-order valence-electron chi connectivity index (χ2n) is 4.60. The van der Waals surface area contributed by atoms with E-state index < -0.39 is 0 Å². The number of anilines is 1. The van der Waals surface area contributed by atoms with E-state index in [4.69, 9.17) is 16.3 Å². The average molecular weight is 314 g/mol. The van der Waals surface area contributed by atoms with Crippen LogP contribution >= 0.6 is 11.6 Å². The summed E-state index contributed by atoms with van der Waals surface area (Å²) in [5.41, 5.74) is 1.99. The first-order valence-electron chi connectivity index (χ1n) is 7.06. The molecule has 0 aliphatic carbocycles.